The molecular weight excluding hydrogens is 368 g/mol. The topological polar surface area (TPSA) is 129 Å². The molecule has 0 bridgehead atoms. The van der Waals surface area contributed by atoms with E-state index in [9.17, 15) is 24.5 Å². The van der Waals surface area contributed by atoms with E-state index in [1.165, 1.54) is 26.2 Å². The molecule has 9 heteroatoms. The largest absolute Gasteiger partial charge is 0.465 e. The van der Waals surface area contributed by atoms with Gasteiger partial charge in [-0.15, -0.1) is 0 Å². The fourth-order valence-corrected chi connectivity index (χ4v) is 2.82. The number of aryl methyl sites for hydroxylation is 2. The molecule has 0 amide bonds. The van der Waals surface area contributed by atoms with Gasteiger partial charge in [0.05, 0.1) is 28.9 Å². The lowest BCUT2D eigenvalue weighted by atomic mass is 10.1. The minimum Gasteiger partial charge on any atom is -0.465 e. The Balaban J connectivity index is 2.24. The maximum absolute atomic E-state index is 12.7. The SMILES string of the molecule is COC(=O)c1c(C)[nH]c(C(=O)[C@@H](C)OC(=O)c2ccc(C)c([N+](=O)[O-])c2)c1C. The van der Waals surface area contributed by atoms with Gasteiger partial charge < -0.3 is 14.5 Å². The van der Waals surface area contributed by atoms with Crippen LogP contribution in [0.4, 0.5) is 5.69 Å². The number of aromatic amines is 1. The zero-order valence-electron chi connectivity index (χ0n) is 16.1. The van der Waals surface area contributed by atoms with Crippen LogP contribution in [-0.2, 0) is 9.47 Å². The Labute approximate surface area is 160 Å². The van der Waals surface area contributed by atoms with Gasteiger partial charge in [0.2, 0.25) is 5.78 Å². The molecule has 0 saturated heterocycles. The number of carbonyl (C=O) groups excluding carboxylic acids is 3. The molecular formula is C19H20N2O7. The summed E-state index contributed by atoms with van der Waals surface area (Å²) in [5.41, 5.74) is 1.38. The van der Waals surface area contributed by atoms with E-state index in [0.29, 0.717) is 16.8 Å². The van der Waals surface area contributed by atoms with Gasteiger partial charge in [0.25, 0.3) is 5.69 Å². The van der Waals surface area contributed by atoms with E-state index in [1.54, 1.807) is 20.8 Å². The first-order valence-corrected chi connectivity index (χ1v) is 8.36. The number of rotatable bonds is 6. The van der Waals surface area contributed by atoms with Crippen molar-refractivity contribution in [2.45, 2.75) is 33.8 Å². The van der Waals surface area contributed by atoms with E-state index in [2.05, 4.69) is 4.98 Å². The van der Waals surface area contributed by atoms with Gasteiger partial charge in [0.15, 0.2) is 6.10 Å². The molecule has 0 radical (unpaired) electrons. The Morgan fingerprint density at radius 3 is 2.36 bits per heavy atom. The number of H-pyrrole nitrogens is 1. The first-order chi connectivity index (χ1) is 13.1. The molecule has 0 saturated carbocycles. The van der Waals surface area contributed by atoms with Crippen molar-refractivity contribution in [2.24, 2.45) is 0 Å². The van der Waals surface area contributed by atoms with Crippen LogP contribution in [-0.4, -0.2) is 40.8 Å². The second-order valence-electron chi connectivity index (χ2n) is 6.29. The van der Waals surface area contributed by atoms with Crippen LogP contribution in [0.1, 0.15) is 54.9 Å². The van der Waals surface area contributed by atoms with Gasteiger partial charge >= 0.3 is 11.9 Å². The van der Waals surface area contributed by atoms with Crippen molar-refractivity contribution in [3.05, 3.63) is 62.0 Å². The van der Waals surface area contributed by atoms with Crippen LogP contribution in [0.5, 0.6) is 0 Å². The maximum atomic E-state index is 12.7. The smallest absolute Gasteiger partial charge is 0.339 e. The van der Waals surface area contributed by atoms with Gasteiger partial charge in [0, 0.05) is 17.3 Å². The van der Waals surface area contributed by atoms with E-state index in [-0.39, 0.29) is 22.5 Å². The van der Waals surface area contributed by atoms with Crippen molar-refractivity contribution in [2.75, 3.05) is 7.11 Å². The molecule has 0 unspecified atom stereocenters. The predicted molar refractivity (Wildman–Crippen MR) is 98.6 cm³/mol. The highest BCUT2D eigenvalue weighted by Crippen LogP contribution is 2.22. The van der Waals surface area contributed by atoms with Crippen LogP contribution in [0.3, 0.4) is 0 Å². The van der Waals surface area contributed by atoms with Gasteiger partial charge in [-0.25, -0.2) is 9.59 Å². The Kier molecular flexibility index (Phi) is 5.97. The van der Waals surface area contributed by atoms with E-state index < -0.39 is 28.7 Å². The highest BCUT2D eigenvalue weighted by Gasteiger charge is 2.28. The number of nitrogens with zero attached hydrogens (tertiary/aromatic N) is 1. The van der Waals surface area contributed by atoms with Crippen molar-refractivity contribution in [3.8, 4) is 0 Å². The lowest BCUT2D eigenvalue weighted by Gasteiger charge is -2.12. The van der Waals surface area contributed by atoms with Crippen molar-refractivity contribution in [1.29, 1.82) is 0 Å². The summed E-state index contributed by atoms with van der Waals surface area (Å²) in [5.74, 6) is -1.98. The highest BCUT2D eigenvalue weighted by atomic mass is 16.6. The summed E-state index contributed by atoms with van der Waals surface area (Å²) in [6, 6.07) is 3.93. The van der Waals surface area contributed by atoms with Crippen molar-refractivity contribution >= 4 is 23.4 Å². The van der Waals surface area contributed by atoms with Gasteiger partial charge in [0.1, 0.15) is 0 Å². The highest BCUT2D eigenvalue weighted by molar-refractivity contribution is 6.04. The number of hydrogen-bond acceptors (Lipinski definition) is 7. The quantitative estimate of drug-likeness (QED) is 0.348. The first kappa shape index (κ1) is 20.8. The van der Waals surface area contributed by atoms with Gasteiger partial charge in [-0.2, -0.15) is 0 Å². The Morgan fingerprint density at radius 1 is 1.14 bits per heavy atom. The molecule has 0 aliphatic carbocycles. The molecule has 148 valence electrons. The Morgan fingerprint density at radius 2 is 1.79 bits per heavy atom. The Hall–Kier alpha value is -3.49. The second kappa shape index (κ2) is 8.03. The van der Waals surface area contributed by atoms with E-state index in [0.717, 1.165) is 6.07 Å². The number of methoxy groups -OCH3 is 1. The molecule has 9 nitrogen and oxygen atoms in total. The fourth-order valence-electron chi connectivity index (χ4n) is 2.82. The fraction of sp³-hybridized carbons (Fsp3) is 0.316. The van der Waals surface area contributed by atoms with E-state index in [4.69, 9.17) is 9.47 Å². The normalized spacial score (nSPS) is 11.6. The number of nitrogens with one attached hydrogen (secondary N) is 1. The van der Waals surface area contributed by atoms with Crippen molar-refractivity contribution in [1.82, 2.24) is 4.98 Å². The third-order valence-electron chi connectivity index (χ3n) is 4.37. The number of Topliss-reactive ketones (excluding diaryl/α,β-unsaturated/α-hetero) is 1. The standard InChI is InChI=1S/C19H20N2O7/c1-9-6-7-13(8-14(9)21(25)26)18(23)28-12(4)17(22)16-10(2)15(11(3)20-16)19(24)27-5/h6-8,12,20H,1-5H3/t12-/m1/s1. The molecule has 1 atom stereocenters. The molecule has 2 rings (SSSR count). The minimum atomic E-state index is -1.17. The van der Waals surface area contributed by atoms with Gasteiger partial charge in [-0.3, -0.25) is 14.9 Å². The predicted octanol–water partition coefficient (Wildman–Crippen LogP) is 3.06. The number of ketones is 1. The summed E-state index contributed by atoms with van der Waals surface area (Å²) in [6.45, 7) is 6.14. The summed E-state index contributed by atoms with van der Waals surface area (Å²) in [6.07, 6.45) is -1.17. The molecule has 0 spiro atoms. The molecule has 1 aromatic heterocycles. The number of nitro groups is 1. The zero-order valence-corrected chi connectivity index (χ0v) is 16.1. The average Bonchev–Trinajstić information content (AvgIpc) is 2.94. The lowest BCUT2D eigenvalue weighted by molar-refractivity contribution is -0.385. The molecule has 2 aromatic rings. The summed E-state index contributed by atoms with van der Waals surface area (Å²) in [5, 5.41) is 11.0. The monoisotopic (exact) mass is 388 g/mol. The summed E-state index contributed by atoms with van der Waals surface area (Å²) in [4.78, 5) is 50.1. The molecule has 0 aliphatic rings. The van der Waals surface area contributed by atoms with E-state index >= 15 is 0 Å². The van der Waals surface area contributed by atoms with Gasteiger partial charge in [-0.05, 0) is 39.3 Å². The average molecular weight is 388 g/mol. The number of esters is 2. The second-order valence-corrected chi connectivity index (χ2v) is 6.29. The minimum absolute atomic E-state index is 0.0356. The zero-order chi connectivity index (χ0) is 21.2. The number of nitro benzene ring substituents is 1. The van der Waals surface area contributed by atoms with E-state index in [1.807, 2.05) is 0 Å². The Bertz CT molecular complexity index is 975. The number of hydrogen-bond donors (Lipinski definition) is 1. The number of aromatic nitrogens is 1. The van der Waals surface area contributed by atoms with Gasteiger partial charge in [-0.1, -0.05) is 6.07 Å². The van der Waals surface area contributed by atoms with Crippen molar-refractivity contribution < 1.29 is 28.8 Å². The number of benzene rings is 1. The number of carbonyl (C=O) groups is 3. The summed E-state index contributed by atoms with van der Waals surface area (Å²) >= 11 is 0. The third kappa shape index (κ3) is 3.93. The molecule has 1 N–H and O–H groups in total. The van der Waals surface area contributed by atoms with Crippen LogP contribution in [0.2, 0.25) is 0 Å². The summed E-state index contributed by atoms with van der Waals surface area (Å²) < 4.78 is 9.87. The summed E-state index contributed by atoms with van der Waals surface area (Å²) in [7, 11) is 1.24. The molecule has 28 heavy (non-hydrogen) atoms. The molecule has 1 heterocycles. The van der Waals surface area contributed by atoms with Crippen LogP contribution < -0.4 is 0 Å². The maximum Gasteiger partial charge on any atom is 0.339 e. The van der Waals surface area contributed by atoms with Crippen LogP contribution in [0, 0.1) is 30.9 Å². The number of ether oxygens (including phenoxy) is 2. The third-order valence-corrected chi connectivity index (χ3v) is 4.37. The van der Waals surface area contributed by atoms with Crippen molar-refractivity contribution in [3.63, 3.8) is 0 Å². The lowest BCUT2D eigenvalue weighted by Crippen LogP contribution is -2.25. The molecule has 1 aromatic carbocycles. The van der Waals surface area contributed by atoms with Crippen LogP contribution in [0.25, 0.3) is 0 Å². The first-order valence-electron chi connectivity index (χ1n) is 8.36. The van der Waals surface area contributed by atoms with Crippen LogP contribution >= 0.6 is 0 Å². The molecule has 0 fully saturated rings. The molecule has 0 aliphatic heterocycles. The van der Waals surface area contributed by atoms with Crippen LogP contribution in [0.15, 0.2) is 18.2 Å².